The van der Waals surface area contributed by atoms with Gasteiger partial charge in [-0.25, -0.2) is 9.36 Å². The molecule has 0 unspecified atom stereocenters. The summed E-state index contributed by atoms with van der Waals surface area (Å²) in [6.07, 6.45) is 13.4. The molecule has 0 radical (unpaired) electrons. The third-order valence-corrected chi connectivity index (χ3v) is 10.5. The molecule has 2 aliphatic carbocycles. The van der Waals surface area contributed by atoms with Gasteiger partial charge in [-0.05, 0) is 88.4 Å². The molecule has 2 saturated carbocycles. The largest absolute Gasteiger partial charge is 0.308 e. The molecule has 0 N–H and O–H groups in total. The zero-order valence-corrected chi connectivity index (χ0v) is 32.8. The minimum atomic E-state index is -0.00731. The van der Waals surface area contributed by atoms with Crippen molar-refractivity contribution < 1.29 is 0 Å². The lowest BCUT2D eigenvalue weighted by Gasteiger charge is -2.44. The first-order chi connectivity index (χ1) is 23.1. The van der Waals surface area contributed by atoms with Crippen molar-refractivity contribution in [1.82, 2.24) is 48.9 Å². The Kier molecular flexibility index (Phi) is 10.6. The van der Waals surface area contributed by atoms with Crippen molar-refractivity contribution >= 4 is 21.8 Å². The van der Waals surface area contributed by atoms with Crippen LogP contribution in [0, 0.1) is 21.7 Å². The molecule has 0 spiro atoms. The van der Waals surface area contributed by atoms with Crippen LogP contribution in [0.1, 0.15) is 106 Å². The van der Waals surface area contributed by atoms with E-state index in [4.69, 9.17) is 0 Å². The molecular weight excluding hydrogens is 628 g/mol. The van der Waals surface area contributed by atoms with Crippen molar-refractivity contribution in [3.63, 3.8) is 0 Å². The number of aromatic nitrogens is 8. The molecule has 2 aliphatic rings. The number of likely N-dealkylation sites (N-methyl/N-ethyl adjacent to an activating group) is 2. The van der Waals surface area contributed by atoms with Gasteiger partial charge in [0, 0.05) is 19.3 Å². The Morgan fingerprint density at radius 2 is 1.10 bits per heavy atom. The van der Waals surface area contributed by atoms with E-state index in [0.717, 1.165) is 57.4 Å². The van der Waals surface area contributed by atoms with Gasteiger partial charge in [0.15, 0.2) is 0 Å². The van der Waals surface area contributed by atoms with Gasteiger partial charge in [-0.15, -0.1) is 0 Å². The van der Waals surface area contributed by atoms with Gasteiger partial charge in [-0.3, -0.25) is 19.0 Å². The van der Waals surface area contributed by atoms with Gasteiger partial charge >= 0.3 is 0 Å². The van der Waals surface area contributed by atoms with E-state index in [0.29, 0.717) is 16.3 Å². The quantitative estimate of drug-likeness (QED) is 0.226. The molecule has 2 fully saturated rings. The molecule has 0 saturated heterocycles. The van der Waals surface area contributed by atoms with Gasteiger partial charge in [0.05, 0.1) is 60.1 Å². The molecule has 0 atom stereocenters. The second-order valence-corrected chi connectivity index (χ2v) is 18.9. The third-order valence-electron chi connectivity index (χ3n) is 10.5. The van der Waals surface area contributed by atoms with Crippen LogP contribution >= 0.6 is 0 Å². The van der Waals surface area contributed by atoms with Crippen LogP contribution in [-0.2, 0) is 13.1 Å². The van der Waals surface area contributed by atoms with Crippen LogP contribution in [0.4, 0.5) is 0 Å². The van der Waals surface area contributed by atoms with E-state index in [-0.39, 0.29) is 44.9 Å². The van der Waals surface area contributed by atoms with Crippen molar-refractivity contribution in [2.75, 3.05) is 41.3 Å². The summed E-state index contributed by atoms with van der Waals surface area (Å²) in [6, 6.07) is 0.307. The van der Waals surface area contributed by atoms with Crippen LogP contribution < -0.4 is 11.1 Å². The summed E-state index contributed by atoms with van der Waals surface area (Å²) in [7, 11) is 8.13. The first-order valence-corrected chi connectivity index (χ1v) is 18.3. The Balaban J connectivity index is 0.000000194. The maximum atomic E-state index is 13.0. The van der Waals surface area contributed by atoms with Crippen molar-refractivity contribution in [3.05, 3.63) is 45.5 Å². The van der Waals surface area contributed by atoms with Crippen LogP contribution in [0.3, 0.4) is 0 Å². The predicted octanol–water partition coefficient (Wildman–Crippen LogP) is 5.86. The van der Waals surface area contributed by atoms with Crippen molar-refractivity contribution in [3.8, 4) is 0 Å². The zero-order valence-electron chi connectivity index (χ0n) is 32.8. The molecule has 50 heavy (non-hydrogen) atoms. The number of hydrogen-bond acceptors (Lipinski definition) is 8. The van der Waals surface area contributed by atoms with Gasteiger partial charge in [0.25, 0.3) is 11.1 Å². The summed E-state index contributed by atoms with van der Waals surface area (Å²) in [5, 5.41) is 19.3. The summed E-state index contributed by atoms with van der Waals surface area (Å²) in [5.74, 6) is 0. The lowest BCUT2D eigenvalue weighted by atomic mass is 9.63. The standard InChI is InChI=1S/2C19H31N5O/c1-18(2)9-14(10-19(3,4)13-18)24-17(25)15-12-23(8-7-22(5)6)21-16(15)11-20-24;1-18(2)9-14(10-19(3,4)13-18)24-17(25)15-11-20-23(8-7-22(5)6)16(15)12-21-24/h2*11-12,14H,7-10,13H2,1-6H3. The van der Waals surface area contributed by atoms with Crippen LogP contribution in [0.15, 0.2) is 34.4 Å². The van der Waals surface area contributed by atoms with E-state index in [1.807, 2.05) is 49.9 Å². The van der Waals surface area contributed by atoms with Crippen molar-refractivity contribution in [1.29, 1.82) is 0 Å². The molecule has 4 aromatic rings. The van der Waals surface area contributed by atoms with Gasteiger partial charge in [0.1, 0.15) is 5.52 Å². The maximum Gasteiger partial charge on any atom is 0.278 e. The number of hydrogen-bond donors (Lipinski definition) is 0. The van der Waals surface area contributed by atoms with Gasteiger partial charge in [-0.1, -0.05) is 55.4 Å². The number of nitrogens with zero attached hydrogens (tertiary/aromatic N) is 10. The van der Waals surface area contributed by atoms with E-state index in [1.165, 1.54) is 12.8 Å². The highest BCUT2D eigenvalue weighted by Crippen LogP contribution is 2.50. The fourth-order valence-electron chi connectivity index (χ4n) is 9.31. The fourth-order valence-corrected chi connectivity index (χ4v) is 9.31. The minimum absolute atomic E-state index is 0.00731. The highest BCUT2D eigenvalue weighted by Gasteiger charge is 2.41. The average molecular weight is 691 g/mol. The third kappa shape index (κ3) is 8.91. The second kappa shape index (κ2) is 14.0. The Bertz CT molecular complexity index is 1810. The second-order valence-electron chi connectivity index (χ2n) is 18.9. The Labute approximate surface area is 297 Å². The van der Waals surface area contributed by atoms with Crippen molar-refractivity contribution in [2.45, 2.75) is 119 Å². The topological polar surface area (TPSA) is 112 Å². The van der Waals surface area contributed by atoms with Crippen LogP contribution in [0.25, 0.3) is 21.8 Å². The summed E-state index contributed by atoms with van der Waals surface area (Å²) in [6.45, 7) is 21.7. The molecule has 0 aromatic carbocycles. The summed E-state index contributed by atoms with van der Waals surface area (Å²) in [5.41, 5.74) is 2.39. The first-order valence-electron chi connectivity index (χ1n) is 18.3. The molecule has 6 rings (SSSR count). The molecule has 12 heteroatoms. The number of fused-ring (bicyclic) bond motifs is 2. The van der Waals surface area contributed by atoms with E-state index in [1.54, 1.807) is 21.8 Å². The van der Waals surface area contributed by atoms with E-state index in [2.05, 4.69) is 85.6 Å². The molecule has 276 valence electrons. The van der Waals surface area contributed by atoms with Gasteiger partial charge < -0.3 is 9.80 Å². The molecule has 0 aliphatic heterocycles. The van der Waals surface area contributed by atoms with E-state index < -0.39 is 0 Å². The molecular formula is C38H62N10O2. The normalized spacial score (nSPS) is 20.4. The van der Waals surface area contributed by atoms with E-state index >= 15 is 0 Å². The highest BCUT2D eigenvalue weighted by atomic mass is 16.1. The first kappa shape index (κ1) is 37.9. The summed E-state index contributed by atoms with van der Waals surface area (Å²) >= 11 is 0. The predicted molar refractivity (Wildman–Crippen MR) is 202 cm³/mol. The Morgan fingerprint density at radius 1 is 0.640 bits per heavy atom. The van der Waals surface area contributed by atoms with Crippen LogP contribution in [-0.4, -0.2) is 90.2 Å². The number of rotatable bonds is 8. The SMILES string of the molecule is CN(C)CCn1cc2c(=O)n(C3CC(C)(C)CC(C)(C)C3)ncc2n1.CN(C)CCn1ncc2c(=O)n(C3CC(C)(C)CC(C)(C)C3)ncc21. The van der Waals surface area contributed by atoms with Gasteiger partial charge in [-0.2, -0.15) is 20.4 Å². The molecule has 4 aromatic heterocycles. The maximum absolute atomic E-state index is 13.0. The minimum Gasteiger partial charge on any atom is -0.308 e. The lowest BCUT2D eigenvalue weighted by Crippen LogP contribution is -2.39. The van der Waals surface area contributed by atoms with Crippen LogP contribution in [0.2, 0.25) is 0 Å². The molecule has 12 nitrogen and oxygen atoms in total. The average Bonchev–Trinajstić information content (AvgIpc) is 3.57. The van der Waals surface area contributed by atoms with Crippen molar-refractivity contribution in [2.24, 2.45) is 21.7 Å². The highest BCUT2D eigenvalue weighted by molar-refractivity contribution is 5.76. The lowest BCUT2D eigenvalue weighted by molar-refractivity contribution is 0.0651. The smallest absolute Gasteiger partial charge is 0.278 e. The Hall–Kier alpha value is -3.38. The van der Waals surface area contributed by atoms with Gasteiger partial charge in [0.2, 0.25) is 0 Å². The molecule has 0 bridgehead atoms. The van der Waals surface area contributed by atoms with Crippen LogP contribution in [0.5, 0.6) is 0 Å². The molecule has 0 amide bonds. The monoisotopic (exact) mass is 691 g/mol. The summed E-state index contributed by atoms with van der Waals surface area (Å²) < 4.78 is 7.15. The Morgan fingerprint density at radius 3 is 1.60 bits per heavy atom. The zero-order chi connectivity index (χ0) is 36.8. The summed E-state index contributed by atoms with van der Waals surface area (Å²) in [4.78, 5) is 30.3. The molecule has 4 heterocycles. The fraction of sp³-hybridized carbons (Fsp3) is 0.737. The van der Waals surface area contributed by atoms with E-state index in [9.17, 15) is 9.59 Å².